The maximum Gasteiger partial charge on any atom is 0.264 e. The molecular formula is C32H37Cl2N3O4S. The number of aryl methyl sites for hydroxylation is 1. The van der Waals surface area contributed by atoms with E-state index in [0.717, 1.165) is 41.1 Å². The first-order valence-corrected chi connectivity index (χ1v) is 16.5. The maximum absolute atomic E-state index is 14.2. The molecule has 1 aliphatic carbocycles. The van der Waals surface area contributed by atoms with E-state index < -0.39 is 28.5 Å². The molecular weight excluding hydrogens is 593 g/mol. The van der Waals surface area contributed by atoms with E-state index in [-0.39, 0.29) is 39.1 Å². The average Bonchev–Trinajstić information content (AvgIpc) is 3.49. The zero-order chi connectivity index (χ0) is 30.3. The van der Waals surface area contributed by atoms with Gasteiger partial charge in [-0.05, 0) is 62.4 Å². The third kappa shape index (κ3) is 7.65. The maximum atomic E-state index is 14.2. The van der Waals surface area contributed by atoms with Gasteiger partial charge >= 0.3 is 0 Å². The molecule has 0 aliphatic heterocycles. The Morgan fingerprint density at radius 2 is 1.62 bits per heavy atom. The fourth-order valence-electron chi connectivity index (χ4n) is 5.30. The van der Waals surface area contributed by atoms with Crippen molar-refractivity contribution in [1.82, 2.24) is 10.2 Å². The molecule has 0 unspecified atom stereocenters. The van der Waals surface area contributed by atoms with Crippen LogP contribution in [0.4, 0.5) is 5.69 Å². The Labute approximate surface area is 258 Å². The number of halogens is 2. The normalized spacial score (nSPS) is 14.4. The van der Waals surface area contributed by atoms with Gasteiger partial charge in [0.1, 0.15) is 12.6 Å². The van der Waals surface area contributed by atoms with E-state index in [4.69, 9.17) is 23.2 Å². The fraction of sp³-hybridized carbons (Fsp3) is 0.375. The number of rotatable bonds is 12. The van der Waals surface area contributed by atoms with Gasteiger partial charge in [-0.2, -0.15) is 0 Å². The number of benzene rings is 3. The summed E-state index contributed by atoms with van der Waals surface area (Å²) in [6, 6.07) is 20.0. The Morgan fingerprint density at radius 3 is 2.26 bits per heavy atom. The molecule has 1 saturated carbocycles. The molecule has 0 spiro atoms. The first-order valence-electron chi connectivity index (χ1n) is 14.3. The molecule has 3 aromatic rings. The first-order chi connectivity index (χ1) is 20.1. The van der Waals surface area contributed by atoms with Crippen molar-refractivity contribution in [3.8, 4) is 0 Å². The number of anilines is 1. The van der Waals surface area contributed by atoms with Crippen LogP contribution < -0.4 is 9.62 Å². The van der Waals surface area contributed by atoms with Crippen LogP contribution in [0.3, 0.4) is 0 Å². The third-order valence-corrected chi connectivity index (χ3v) is 10.2. The van der Waals surface area contributed by atoms with Crippen molar-refractivity contribution in [1.29, 1.82) is 0 Å². The number of sulfonamides is 1. The molecule has 7 nitrogen and oxygen atoms in total. The van der Waals surface area contributed by atoms with Crippen molar-refractivity contribution in [2.45, 2.75) is 69.4 Å². The zero-order valence-corrected chi connectivity index (χ0v) is 26.3. The number of nitrogens with zero attached hydrogens (tertiary/aromatic N) is 2. The van der Waals surface area contributed by atoms with Crippen molar-refractivity contribution >= 4 is 50.7 Å². The predicted octanol–water partition coefficient (Wildman–Crippen LogP) is 6.41. The molecule has 1 N–H and O–H groups in total. The molecule has 224 valence electrons. The van der Waals surface area contributed by atoms with Gasteiger partial charge in [-0.15, -0.1) is 0 Å². The summed E-state index contributed by atoms with van der Waals surface area (Å²) in [5, 5.41) is 3.30. The molecule has 0 aromatic heterocycles. The second-order valence-corrected chi connectivity index (χ2v) is 13.3. The highest BCUT2D eigenvalue weighted by molar-refractivity contribution is 7.92. The van der Waals surface area contributed by atoms with Gasteiger partial charge in [0.05, 0.1) is 20.6 Å². The summed E-state index contributed by atoms with van der Waals surface area (Å²) in [6.45, 7) is 3.40. The third-order valence-electron chi connectivity index (χ3n) is 7.66. The number of carbonyl (C=O) groups excluding carboxylic acids is 2. The molecule has 2 amide bonds. The fourth-order valence-corrected chi connectivity index (χ4v) is 7.17. The second-order valence-electron chi connectivity index (χ2n) is 10.6. The molecule has 0 radical (unpaired) electrons. The van der Waals surface area contributed by atoms with Gasteiger partial charge in [-0.25, -0.2) is 8.42 Å². The highest BCUT2D eigenvalue weighted by atomic mass is 35.5. The number of amides is 2. The Hall–Kier alpha value is -3.07. The lowest BCUT2D eigenvalue weighted by molar-refractivity contribution is -0.139. The molecule has 10 heteroatoms. The van der Waals surface area contributed by atoms with E-state index in [1.54, 1.807) is 24.3 Å². The molecule has 1 fully saturated rings. The molecule has 42 heavy (non-hydrogen) atoms. The lowest BCUT2D eigenvalue weighted by Crippen LogP contribution is -2.54. The minimum atomic E-state index is -4.23. The van der Waals surface area contributed by atoms with E-state index in [9.17, 15) is 18.0 Å². The van der Waals surface area contributed by atoms with Gasteiger partial charge in [0, 0.05) is 12.6 Å². The van der Waals surface area contributed by atoms with Crippen LogP contribution in [0.5, 0.6) is 0 Å². The van der Waals surface area contributed by atoms with Crippen molar-refractivity contribution in [2.24, 2.45) is 0 Å². The summed E-state index contributed by atoms with van der Waals surface area (Å²) in [6.07, 6.45) is 4.82. The molecule has 4 rings (SSSR count). The number of carbonyl (C=O) groups is 2. The molecule has 1 aliphatic rings. The SMILES string of the molecule is CC[C@@H](C(=O)NC1CCCC1)N(CCc1ccccc1)C(=O)CN(c1cccc(Cl)c1Cl)S(=O)(=O)c1ccc(C)cc1. The summed E-state index contributed by atoms with van der Waals surface area (Å²) in [7, 11) is -4.23. The Kier molecular flexibility index (Phi) is 10.9. The largest absolute Gasteiger partial charge is 0.352 e. The van der Waals surface area contributed by atoms with E-state index in [0.29, 0.717) is 12.8 Å². The van der Waals surface area contributed by atoms with Crippen LogP contribution >= 0.6 is 23.2 Å². The topological polar surface area (TPSA) is 86.8 Å². The lowest BCUT2D eigenvalue weighted by atomic mass is 10.1. The van der Waals surface area contributed by atoms with Crippen LogP contribution in [0.25, 0.3) is 0 Å². The van der Waals surface area contributed by atoms with E-state index >= 15 is 0 Å². The molecule has 1 atom stereocenters. The van der Waals surface area contributed by atoms with Crippen LogP contribution in [0.15, 0.2) is 77.7 Å². The van der Waals surface area contributed by atoms with E-state index in [1.807, 2.05) is 44.2 Å². The molecule has 3 aromatic carbocycles. The summed E-state index contributed by atoms with van der Waals surface area (Å²) in [5.41, 5.74) is 1.98. The van der Waals surface area contributed by atoms with Gasteiger partial charge in [0.2, 0.25) is 11.8 Å². The van der Waals surface area contributed by atoms with Gasteiger partial charge in [0.25, 0.3) is 10.0 Å². The predicted molar refractivity (Wildman–Crippen MR) is 169 cm³/mol. The van der Waals surface area contributed by atoms with Crippen molar-refractivity contribution in [2.75, 3.05) is 17.4 Å². The summed E-state index contributed by atoms with van der Waals surface area (Å²) in [5.74, 6) is -0.731. The molecule has 0 bridgehead atoms. The summed E-state index contributed by atoms with van der Waals surface area (Å²) in [4.78, 5) is 29.2. The highest BCUT2D eigenvalue weighted by Crippen LogP contribution is 2.35. The van der Waals surface area contributed by atoms with Crippen LogP contribution in [-0.2, 0) is 26.0 Å². The molecule has 0 saturated heterocycles. The van der Waals surface area contributed by atoms with Crippen LogP contribution in [-0.4, -0.2) is 50.3 Å². The summed E-state index contributed by atoms with van der Waals surface area (Å²) >= 11 is 12.8. The van der Waals surface area contributed by atoms with Crippen LogP contribution in [0.2, 0.25) is 10.0 Å². The second kappa shape index (κ2) is 14.4. The van der Waals surface area contributed by atoms with Gasteiger partial charge in [0.15, 0.2) is 0 Å². The summed E-state index contributed by atoms with van der Waals surface area (Å²) < 4.78 is 29.0. The van der Waals surface area contributed by atoms with Gasteiger partial charge in [-0.1, -0.05) is 97.1 Å². The smallest absolute Gasteiger partial charge is 0.264 e. The minimum absolute atomic E-state index is 0.0128. The Bertz CT molecular complexity index is 1480. The first kappa shape index (κ1) is 31.9. The Balaban J connectivity index is 1.70. The average molecular weight is 631 g/mol. The van der Waals surface area contributed by atoms with E-state index in [1.165, 1.54) is 23.1 Å². The highest BCUT2D eigenvalue weighted by Gasteiger charge is 2.35. The van der Waals surface area contributed by atoms with Crippen molar-refractivity contribution < 1.29 is 18.0 Å². The zero-order valence-electron chi connectivity index (χ0n) is 23.9. The quantitative estimate of drug-likeness (QED) is 0.251. The Morgan fingerprint density at radius 1 is 0.952 bits per heavy atom. The minimum Gasteiger partial charge on any atom is -0.352 e. The van der Waals surface area contributed by atoms with Gasteiger partial charge < -0.3 is 10.2 Å². The van der Waals surface area contributed by atoms with Crippen molar-refractivity contribution in [3.05, 3.63) is 94.0 Å². The van der Waals surface area contributed by atoms with E-state index in [2.05, 4.69) is 5.32 Å². The van der Waals surface area contributed by atoms with Crippen molar-refractivity contribution in [3.63, 3.8) is 0 Å². The van der Waals surface area contributed by atoms with Gasteiger partial charge in [-0.3, -0.25) is 13.9 Å². The number of hydrogen-bond acceptors (Lipinski definition) is 4. The standard InChI is InChI=1S/C32H37Cl2N3O4S/c1-3-28(32(39)35-25-12-7-8-13-25)36(21-20-24-10-5-4-6-11-24)30(38)22-37(29-15-9-14-27(33)31(29)34)42(40,41)26-18-16-23(2)17-19-26/h4-6,9-11,14-19,25,28H,3,7-8,12-13,20-22H2,1-2H3,(H,35,39)/t28-/m0/s1. The van der Waals surface area contributed by atoms with Crippen LogP contribution in [0.1, 0.15) is 50.2 Å². The van der Waals surface area contributed by atoms with Crippen LogP contribution in [0, 0.1) is 6.92 Å². The number of nitrogens with one attached hydrogen (secondary N) is 1. The number of hydrogen-bond donors (Lipinski definition) is 1. The lowest BCUT2D eigenvalue weighted by Gasteiger charge is -2.34. The monoisotopic (exact) mass is 629 g/mol. The molecule has 0 heterocycles.